The number of likely N-dealkylation sites (tertiary alicyclic amines) is 1. The normalized spacial score (nSPS) is 24.2. The van der Waals surface area contributed by atoms with Gasteiger partial charge in [0.05, 0.1) is 6.04 Å². The number of benzene rings is 2. The molecule has 130 valence electrons. The van der Waals surface area contributed by atoms with Gasteiger partial charge in [-0.15, -0.1) is 0 Å². The molecule has 2 aromatic carbocycles. The first-order chi connectivity index (χ1) is 12.1. The van der Waals surface area contributed by atoms with Crippen molar-refractivity contribution in [2.45, 2.75) is 24.8 Å². The molecular formula is C20H20Cl2N2O. The number of amides is 1. The molecule has 0 spiro atoms. The molecule has 0 N–H and O–H groups in total. The maximum absolute atomic E-state index is 12.9. The van der Waals surface area contributed by atoms with Crippen molar-refractivity contribution in [2.75, 3.05) is 24.5 Å². The van der Waals surface area contributed by atoms with Gasteiger partial charge < -0.3 is 4.90 Å². The van der Waals surface area contributed by atoms with Crippen molar-refractivity contribution in [1.29, 1.82) is 0 Å². The summed E-state index contributed by atoms with van der Waals surface area (Å²) in [7, 11) is 0. The van der Waals surface area contributed by atoms with Crippen LogP contribution in [0.15, 0.2) is 48.5 Å². The molecule has 2 aliphatic rings. The molecule has 0 saturated carbocycles. The largest absolute Gasteiger partial charge is 0.311 e. The lowest BCUT2D eigenvalue weighted by Gasteiger charge is -2.23. The molecule has 2 fully saturated rings. The van der Waals surface area contributed by atoms with Crippen molar-refractivity contribution in [3.63, 3.8) is 0 Å². The van der Waals surface area contributed by atoms with Crippen LogP contribution in [0.3, 0.4) is 0 Å². The van der Waals surface area contributed by atoms with Crippen LogP contribution in [-0.4, -0.2) is 36.5 Å². The molecule has 4 rings (SSSR count). The molecule has 3 nitrogen and oxygen atoms in total. The van der Waals surface area contributed by atoms with Crippen LogP contribution in [0, 0.1) is 0 Å². The van der Waals surface area contributed by atoms with Crippen LogP contribution >= 0.6 is 23.2 Å². The molecule has 1 amide bonds. The van der Waals surface area contributed by atoms with Gasteiger partial charge in [-0.2, -0.15) is 0 Å². The fourth-order valence-corrected chi connectivity index (χ4v) is 4.56. The van der Waals surface area contributed by atoms with Gasteiger partial charge in [0.1, 0.15) is 0 Å². The third-order valence-corrected chi connectivity index (χ3v) is 5.70. The molecule has 2 aromatic rings. The summed E-state index contributed by atoms with van der Waals surface area (Å²) in [6.45, 7) is 2.61. The predicted molar refractivity (Wildman–Crippen MR) is 103 cm³/mol. The Labute approximate surface area is 158 Å². The summed E-state index contributed by atoms with van der Waals surface area (Å²) < 4.78 is 0. The number of rotatable bonds is 3. The number of carbonyl (C=O) groups excluding carboxylic acids is 1. The van der Waals surface area contributed by atoms with E-state index in [-0.39, 0.29) is 11.9 Å². The molecule has 2 heterocycles. The Morgan fingerprint density at radius 3 is 2.36 bits per heavy atom. The van der Waals surface area contributed by atoms with E-state index in [0.717, 1.165) is 38.2 Å². The number of anilines is 1. The van der Waals surface area contributed by atoms with Crippen LogP contribution in [0.2, 0.25) is 10.0 Å². The maximum atomic E-state index is 12.9. The average Bonchev–Trinajstić information content (AvgIpc) is 3.21. The van der Waals surface area contributed by atoms with Crippen LogP contribution in [0.1, 0.15) is 24.3 Å². The van der Waals surface area contributed by atoms with Gasteiger partial charge in [0, 0.05) is 28.8 Å². The number of hydrogen-bond acceptors (Lipinski definition) is 2. The Bertz CT molecular complexity index is 760. The fraction of sp³-hybridized carbons (Fsp3) is 0.350. The molecular weight excluding hydrogens is 355 g/mol. The first kappa shape index (κ1) is 16.9. The molecule has 0 bridgehead atoms. The van der Waals surface area contributed by atoms with Gasteiger partial charge in [0.2, 0.25) is 5.91 Å². The van der Waals surface area contributed by atoms with Crippen LogP contribution < -0.4 is 4.90 Å². The minimum atomic E-state index is -0.0140. The van der Waals surface area contributed by atoms with E-state index in [0.29, 0.717) is 16.0 Å². The summed E-state index contributed by atoms with van der Waals surface area (Å²) in [6.07, 6.45) is 1.92. The Morgan fingerprint density at radius 2 is 1.64 bits per heavy atom. The van der Waals surface area contributed by atoms with Crippen LogP contribution in [-0.2, 0) is 4.79 Å². The SMILES string of the molecule is O=C1C(N2CCC(c3cc(Cl)cc(Cl)c3)C2)CCN1c1ccccc1. The standard InChI is InChI=1S/C20H20Cl2N2O/c21-16-10-15(11-17(22)12-16)14-6-8-23(13-14)19-7-9-24(20(19)25)18-4-2-1-3-5-18/h1-5,10-12,14,19H,6-9,13H2. The number of para-hydroxylation sites is 1. The molecule has 2 unspecified atom stereocenters. The molecule has 2 atom stereocenters. The van der Waals surface area contributed by atoms with Crippen LogP contribution in [0.5, 0.6) is 0 Å². The van der Waals surface area contributed by atoms with Crippen molar-refractivity contribution in [1.82, 2.24) is 4.90 Å². The van der Waals surface area contributed by atoms with E-state index in [1.54, 1.807) is 6.07 Å². The van der Waals surface area contributed by atoms with Crippen LogP contribution in [0.25, 0.3) is 0 Å². The second-order valence-electron chi connectivity index (χ2n) is 6.81. The summed E-state index contributed by atoms with van der Waals surface area (Å²) >= 11 is 12.3. The zero-order valence-electron chi connectivity index (χ0n) is 13.9. The van der Waals surface area contributed by atoms with Crippen molar-refractivity contribution < 1.29 is 4.79 Å². The van der Waals surface area contributed by atoms with E-state index in [9.17, 15) is 4.79 Å². The number of halogens is 2. The van der Waals surface area contributed by atoms with Crippen molar-refractivity contribution in [3.8, 4) is 0 Å². The van der Waals surface area contributed by atoms with Gasteiger partial charge >= 0.3 is 0 Å². The highest BCUT2D eigenvalue weighted by molar-refractivity contribution is 6.34. The highest BCUT2D eigenvalue weighted by Crippen LogP contribution is 2.34. The number of nitrogens with zero attached hydrogens (tertiary/aromatic N) is 2. The predicted octanol–water partition coefficient (Wildman–Crippen LogP) is 4.59. The second-order valence-corrected chi connectivity index (χ2v) is 7.69. The third-order valence-electron chi connectivity index (χ3n) is 5.26. The lowest BCUT2D eigenvalue weighted by molar-refractivity contribution is -0.121. The zero-order chi connectivity index (χ0) is 17.4. The lowest BCUT2D eigenvalue weighted by Crippen LogP contribution is -2.40. The summed E-state index contributed by atoms with van der Waals surface area (Å²) in [4.78, 5) is 17.1. The summed E-state index contributed by atoms with van der Waals surface area (Å²) in [6, 6.07) is 15.7. The monoisotopic (exact) mass is 374 g/mol. The highest BCUT2D eigenvalue weighted by atomic mass is 35.5. The molecule has 5 heteroatoms. The van der Waals surface area contributed by atoms with Gasteiger partial charge in [-0.1, -0.05) is 41.4 Å². The minimum absolute atomic E-state index is 0.0140. The first-order valence-corrected chi connectivity index (χ1v) is 9.44. The molecule has 0 aromatic heterocycles. The van der Waals surface area contributed by atoms with E-state index in [4.69, 9.17) is 23.2 Å². The topological polar surface area (TPSA) is 23.6 Å². The van der Waals surface area contributed by atoms with Gasteiger partial charge in [0.15, 0.2) is 0 Å². The van der Waals surface area contributed by atoms with E-state index >= 15 is 0 Å². The van der Waals surface area contributed by atoms with E-state index in [2.05, 4.69) is 4.90 Å². The van der Waals surface area contributed by atoms with Gasteiger partial charge in [-0.25, -0.2) is 0 Å². The molecule has 2 saturated heterocycles. The maximum Gasteiger partial charge on any atom is 0.244 e. The number of hydrogen-bond donors (Lipinski definition) is 0. The molecule has 2 aliphatic heterocycles. The van der Waals surface area contributed by atoms with Gasteiger partial charge in [0.25, 0.3) is 0 Å². The highest BCUT2D eigenvalue weighted by Gasteiger charge is 2.39. The zero-order valence-corrected chi connectivity index (χ0v) is 15.4. The summed E-state index contributed by atoms with van der Waals surface area (Å²) in [5, 5.41) is 1.35. The van der Waals surface area contributed by atoms with Crippen molar-refractivity contribution >= 4 is 34.8 Å². The fourth-order valence-electron chi connectivity index (χ4n) is 4.02. The minimum Gasteiger partial charge on any atom is -0.311 e. The van der Waals surface area contributed by atoms with Crippen molar-refractivity contribution in [3.05, 3.63) is 64.1 Å². The Hall–Kier alpha value is -1.55. The second kappa shape index (κ2) is 6.99. The van der Waals surface area contributed by atoms with Crippen LogP contribution in [0.4, 0.5) is 5.69 Å². The lowest BCUT2D eigenvalue weighted by atomic mass is 9.98. The van der Waals surface area contributed by atoms with Gasteiger partial charge in [-0.05, 0) is 61.2 Å². The first-order valence-electron chi connectivity index (χ1n) is 8.68. The van der Waals surface area contributed by atoms with E-state index in [1.165, 1.54) is 5.56 Å². The Kier molecular flexibility index (Phi) is 4.72. The van der Waals surface area contributed by atoms with E-state index in [1.807, 2.05) is 47.4 Å². The Balaban J connectivity index is 1.46. The third kappa shape index (κ3) is 3.41. The summed E-state index contributed by atoms with van der Waals surface area (Å²) in [5.74, 6) is 0.603. The molecule has 0 radical (unpaired) electrons. The van der Waals surface area contributed by atoms with E-state index < -0.39 is 0 Å². The number of carbonyl (C=O) groups is 1. The Morgan fingerprint density at radius 1 is 0.920 bits per heavy atom. The van der Waals surface area contributed by atoms with Crippen molar-refractivity contribution in [2.24, 2.45) is 0 Å². The summed E-state index contributed by atoms with van der Waals surface area (Å²) in [5.41, 5.74) is 2.16. The quantitative estimate of drug-likeness (QED) is 0.784. The molecule has 0 aliphatic carbocycles. The smallest absolute Gasteiger partial charge is 0.244 e. The van der Waals surface area contributed by atoms with Gasteiger partial charge in [-0.3, -0.25) is 9.69 Å². The molecule has 25 heavy (non-hydrogen) atoms. The average molecular weight is 375 g/mol.